The molecule has 20 heavy (non-hydrogen) atoms. The molecule has 3 aromatic heterocycles. The first-order valence-electron chi connectivity index (χ1n) is 6.47. The summed E-state index contributed by atoms with van der Waals surface area (Å²) in [6.45, 7) is 4.55. The van der Waals surface area contributed by atoms with Gasteiger partial charge in [0.25, 0.3) is 0 Å². The maximum atomic E-state index is 5.63. The van der Waals surface area contributed by atoms with Crippen molar-refractivity contribution in [3.8, 4) is 0 Å². The van der Waals surface area contributed by atoms with Crippen LogP contribution in [-0.2, 0) is 6.54 Å². The average Bonchev–Trinajstić information content (AvgIpc) is 3.15. The first kappa shape index (κ1) is 13.5. The first-order valence-corrected chi connectivity index (χ1v) is 8.23. The monoisotopic (exact) mass is 304 g/mol. The number of nitrogens with one attached hydrogen (secondary N) is 1. The van der Waals surface area contributed by atoms with Crippen molar-refractivity contribution in [1.29, 1.82) is 0 Å². The summed E-state index contributed by atoms with van der Waals surface area (Å²) >= 11 is 3.53. The van der Waals surface area contributed by atoms with Gasteiger partial charge in [0, 0.05) is 9.75 Å². The summed E-state index contributed by atoms with van der Waals surface area (Å²) in [5.41, 5.74) is 0.964. The first-order chi connectivity index (χ1) is 9.74. The number of aromatic nitrogens is 1. The molecule has 104 valence electrons. The number of hydrogen-bond donors (Lipinski definition) is 1. The molecule has 5 heteroatoms. The fraction of sp³-hybridized carbons (Fsp3) is 0.267. The smallest absolute Gasteiger partial charge is 0.208 e. The van der Waals surface area contributed by atoms with Crippen molar-refractivity contribution in [2.75, 3.05) is 0 Å². The van der Waals surface area contributed by atoms with E-state index in [0.717, 1.165) is 17.3 Å². The fourth-order valence-electron chi connectivity index (χ4n) is 2.06. The van der Waals surface area contributed by atoms with E-state index in [1.807, 2.05) is 13.8 Å². The maximum absolute atomic E-state index is 5.63. The molecule has 3 aromatic rings. The van der Waals surface area contributed by atoms with Crippen LogP contribution < -0.4 is 5.32 Å². The van der Waals surface area contributed by atoms with Crippen LogP contribution in [0.3, 0.4) is 0 Å². The lowest BCUT2D eigenvalue weighted by Gasteiger charge is -2.14. The molecule has 3 rings (SSSR count). The summed E-state index contributed by atoms with van der Waals surface area (Å²) < 4.78 is 5.63. The van der Waals surface area contributed by atoms with Crippen LogP contribution in [0.15, 0.2) is 39.4 Å². The normalized spacial score (nSPS) is 11.3. The van der Waals surface area contributed by atoms with E-state index in [9.17, 15) is 0 Å². The molecule has 3 heterocycles. The zero-order valence-electron chi connectivity index (χ0n) is 11.4. The van der Waals surface area contributed by atoms with Crippen molar-refractivity contribution >= 4 is 22.7 Å². The van der Waals surface area contributed by atoms with Gasteiger partial charge in [-0.25, -0.2) is 4.98 Å². The standard InChI is InChI=1S/C15H16N2OS2/c1-10-11(2)18-14(17-10)9-16-15(12-5-3-7-19-12)13-6-4-8-20-13/h3-8,15-16H,9H2,1-2H3. The quantitative estimate of drug-likeness (QED) is 0.764. The fourth-order valence-corrected chi connectivity index (χ4v) is 3.77. The van der Waals surface area contributed by atoms with E-state index in [4.69, 9.17) is 4.42 Å². The van der Waals surface area contributed by atoms with E-state index < -0.39 is 0 Å². The van der Waals surface area contributed by atoms with Gasteiger partial charge in [-0.2, -0.15) is 0 Å². The van der Waals surface area contributed by atoms with Crippen molar-refractivity contribution in [3.63, 3.8) is 0 Å². The summed E-state index contributed by atoms with van der Waals surface area (Å²) in [6.07, 6.45) is 0. The predicted octanol–water partition coefficient (Wildman–Crippen LogP) is 4.29. The van der Waals surface area contributed by atoms with Gasteiger partial charge in [0.2, 0.25) is 5.89 Å². The molecule has 0 radical (unpaired) electrons. The van der Waals surface area contributed by atoms with Gasteiger partial charge in [-0.05, 0) is 36.7 Å². The van der Waals surface area contributed by atoms with Crippen LogP contribution in [0.1, 0.15) is 33.1 Å². The molecular formula is C15H16N2OS2. The second-order valence-electron chi connectivity index (χ2n) is 4.59. The van der Waals surface area contributed by atoms with Crippen LogP contribution in [0.2, 0.25) is 0 Å². The molecule has 0 aliphatic heterocycles. The molecule has 0 aromatic carbocycles. The highest BCUT2D eigenvalue weighted by atomic mass is 32.1. The molecule has 0 aliphatic carbocycles. The third kappa shape index (κ3) is 2.85. The van der Waals surface area contributed by atoms with Crippen LogP contribution in [0, 0.1) is 13.8 Å². The lowest BCUT2D eigenvalue weighted by atomic mass is 10.2. The lowest BCUT2D eigenvalue weighted by Crippen LogP contribution is -2.20. The van der Waals surface area contributed by atoms with Gasteiger partial charge in [-0.3, -0.25) is 5.32 Å². The minimum absolute atomic E-state index is 0.211. The Balaban J connectivity index is 1.77. The van der Waals surface area contributed by atoms with E-state index in [-0.39, 0.29) is 6.04 Å². The van der Waals surface area contributed by atoms with Crippen molar-refractivity contribution in [3.05, 3.63) is 62.1 Å². The number of thiophene rings is 2. The van der Waals surface area contributed by atoms with Gasteiger partial charge in [0.15, 0.2) is 0 Å². The minimum Gasteiger partial charge on any atom is -0.444 e. The van der Waals surface area contributed by atoms with Gasteiger partial charge < -0.3 is 4.42 Å². The summed E-state index contributed by atoms with van der Waals surface area (Å²) in [4.78, 5) is 7.05. The highest BCUT2D eigenvalue weighted by molar-refractivity contribution is 7.11. The largest absolute Gasteiger partial charge is 0.444 e. The zero-order valence-corrected chi connectivity index (χ0v) is 13.1. The number of nitrogens with zero attached hydrogens (tertiary/aromatic N) is 1. The van der Waals surface area contributed by atoms with Crippen LogP contribution in [0.25, 0.3) is 0 Å². The van der Waals surface area contributed by atoms with Crippen LogP contribution in [-0.4, -0.2) is 4.98 Å². The number of hydrogen-bond acceptors (Lipinski definition) is 5. The molecule has 0 atom stereocenters. The molecule has 0 fully saturated rings. The highest BCUT2D eigenvalue weighted by Crippen LogP contribution is 2.29. The van der Waals surface area contributed by atoms with Gasteiger partial charge in [-0.15, -0.1) is 22.7 Å². The third-order valence-electron chi connectivity index (χ3n) is 3.19. The van der Waals surface area contributed by atoms with E-state index >= 15 is 0 Å². The van der Waals surface area contributed by atoms with Gasteiger partial charge in [0.1, 0.15) is 5.76 Å². The van der Waals surface area contributed by atoms with Crippen molar-refractivity contribution in [2.45, 2.75) is 26.4 Å². The van der Waals surface area contributed by atoms with Crippen LogP contribution in [0.4, 0.5) is 0 Å². The molecule has 0 aliphatic rings. The third-order valence-corrected chi connectivity index (χ3v) is 5.06. The van der Waals surface area contributed by atoms with Crippen LogP contribution >= 0.6 is 22.7 Å². The molecule has 0 saturated heterocycles. The van der Waals surface area contributed by atoms with E-state index in [1.165, 1.54) is 9.75 Å². The Hall–Kier alpha value is -1.43. The Morgan fingerprint density at radius 2 is 1.80 bits per heavy atom. The lowest BCUT2D eigenvalue weighted by molar-refractivity contribution is 0.440. The van der Waals surface area contributed by atoms with Crippen molar-refractivity contribution in [2.24, 2.45) is 0 Å². The molecule has 0 unspecified atom stereocenters. The molecular weight excluding hydrogens is 288 g/mol. The second-order valence-corrected chi connectivity index (χ2v) is 6.55. The van der Waals surface area contributed by atoms with E-state index in [0.29, 0.717) is 6.54 Å². The Labute approximate surface area is 126 Å². The Morgan fingerprint density at radius 3 is 2.25 bits per heavy atom. The molecule has 1 N–H and O–H groups in total. The number of rotatable bonds is 5. The van der Waals surface area contributed by atoms with Crippen molar-refractivity contribution < 1.29 is 4.42 Å². The zero-order chi connectivity index (χ0) is 13.9. The second kappa shape index (κ2) is 5.91. The Kier molecular flexibility index (Phi) is 4.00. The topological polar surface area (TPSA) is 38.1 Å². The average molecular weight is 304 g/mol. The van der Waals surface area contributed by atoms with Gasteiger partial charge >= 0.3 is 0 Å². The predicted molar refractivity (Wildman–Crippen MR) is 83.3 cm³/mol. The SMILES string of the molecule is Cc1nc(CNC(c2cccs2)c2cccs2)oc1C. The van der Waals surface area contributed by atoms with Gasteiger partial charge in [0.05, 0.1) is 18.3 Å². The van der Waals surface area contributed by atoms with Crippen molar-refractivity contribution in [1.82, 2.24) is 10.3 Å². The minimum atomic E-state index is 0.211. The van der Waals surface area contributed by atoms with E-state index in [1.54, 1.807) is 22.7 Å². The molecule has 0 bridgehead atoms. The van der Waals surface area contributed by atoms with Gasteiger partial charge in [-0.1, -0.05) is 12.1 Å². The summed E-state index contributed by atoms with van der Waals surface area (Å²) in [5, 5.41) is 7.76. The molecule has 3 nitrogen and oxygen atoms in total. The Morgan fingerprint density at radius 1 is 1.15 bits per heavy atom. The number of oxazole rings is 1. The highest BCUT2D eigenvalue weighted by Gasteiger charge is 2.17. The molecule has 0 spiro atoms. The summed E-state index contributed by atoms with van der Waals surface area (Å²) in [6, 6.07) is 8.70. The maximum Gasteiger partial charge on any atom is 0.208 e. The summed E-state index contributed by atoms with van der Waals surface area (Å²) in [5.74, 6) is 1.64. The van der Waals surface area contributed by atoms with E-state index in [2.05, 4.69) is 45.3 Å². The molecule has 0 saturated carbocycles. The molecule has 0 amide bonds. The summed E-state index contributed by atoms with van der Waals surface area (Å²) in [7, 11) is 0. The Bertz CT molecular complexity index is 602. The van der Waals surface area contributed by atoms with Crippen LogP contribution in [0.5, 0.6) is 0 Å². The number of aryl methyl sites for hydroxylation is 2.